The summed E-state index contributed by atoms with van der Waals surface area (Å²) in [5, 5.41) is 5.92. The number of carbonyl (C=O) groups is 2. The molecule has 0 spiro atoms. The van der Waals surface area contributed by atoms with Crippen LogP contribution in [-0.2, 0) is 11.2 Å². The molecule has 132 valence electrons. The van der Waals surface area contributed by atoms with Gasteiger partial charge in [-0.15, -0.1) is 0 Å². The van der Waals surface area contributed by atoms with Gasteiger partial charge in [0.05, 0.1) is 0 Å². The average Bonchev–Trinajstić information content (AvgIpc) is 2.66. The van der Waals surface area contributed by atoms with E-state index in [-0.39, 0.29) is 17.9 Å². The van der Waals surface area contributed by atoms with Crippen LogP contribution >= 0.6 is 0 Å². The Balaban J connectivity index is 2.13. The Kier molecular flexibility index (Phi) is 7.20. The standard InChI is InChI=1S/C21H26N2O2/c1-3-18(4-2)22-21(25)19(15-16-11-7-5-8-12-16)23-20(24)17-13-9-6-10-14-17/h5-14,18-19H,3-4,15H2,1-2H3,(H,22,25)(H,23,24)/t19-/m1/s1. The van der Waals surface area contributed by atoms with E-state index in [0.717, 1.165) is 18.4 Å². The Morgan fingerprint density at radius 2 is 1.40 bits per heavy atom. The quantitative estimate of drug-likeness (QED) is 0.776. The zero-order chi connectivity index (χ0) is 18.1. The fourth-order valence-corrected chi connectivity index (χ4v) is 2.68. The second-order valence-electron chi connectivity index (χ2n) is 6.10. The van der Waals surface area contributed by atoms with Gasteiger partial charge < -0.3 is 10.6 Å². The van der Waals surface area contributed by atoms with Crippen molar-refractivity contribution in [2.24, 2.45) is 0 Å². The molecule has 2 aromatic carbocycles. The van der Waals surface area contributed by atoms with Crippen LogP contribution in [0.2, 0.25) is 0 Å². The van der Waals surface area contributed by atoms with Crippen LogP contribution in [0.15, 0.2) is 60.7 Å². The first-order valence-electron chi connectivity index (χ1n) is 8.84. The third-order valence-corrected chi connectivity index (χ3v) is 4.27. The van der Waals surface area contributed by atoms with Crippen LogP contribution in [0, 0.1) is 0 Å². The maximum absolute atomic E-state index is 12.7. The summed E-state index contributed by atoms with van der Waals surface area (Å²) in [6.45, 7) is 4.09. The molecule has 0 fully saturated rings. The van der Waals surface area contributed by atoms with Crippen LogP contribution in [0.5, 0.6) is 0 Å². The number of nitrogens with one attached hydrogen (secondary N) is 2. The highest BCUT2D eigenvalue weighted by atomic mass is 16.2. The predicted octanol–water partition coefficient (Wildman–Crippen LogP) is 3.33. The lowest BCUT2D eigenvalue weighted by atomic mass is 10.0. The Bertz CT molecular complexity index is 667. The van der Waals surface area contributed by atoms with Crippen LogP contribution in [-0.4, -0.2) is 23.9 Å². The van der Waals surface area contributed by atoms with Crippen LogP contribution in [0.3, 0.4) is 0 Å². The van der Waals surface area contributed by atoms with E-state index in [2.05, 4.69) is 10.6 Å². The molecule has 25 heavy (non-hydrogen) atoms. The topological polar surface area (TPSA) is 58.2 Å². The normalized spacial score (nSPS) is 11.8. The van der Waals surface area contributed by atoms with Gasteiger partial charge >= 0.3 is 0 Å². The molecule has 2 N–H and O–H groups in total. The molecule has 1 atom stereocenters. The summed E-state index contributed by atoms with van der Waals surface area (Å²) in [6, 6.07) is 18.2. The number of benzene rings is 2. The van der Waals surface area contributed by atoms with Gasteiger partial charge in [0.15, 0.2) is 0 Å². The summed E-state index contributed by atoms with van der Waals surface area (Å²) in [7, 11) is 0. The Hall–Kier alpha value is -2.62. The van der Waals surface area contributed by atoms with Crippen molar-refractivity contribution in [3.63, 3.8) is 0 Å². The van der Waals surface area contributed by atoms with Gasteiger partial charge in [0.1, 0.15) is 6.04 Å². The number of hydrogen-bond acceptors (Lipinski definition) is 2. The van der Waals surface area contributed by atoms with Gasteiger partial charge in [0.2, 0.25) is 5.91 Å². The first-order chi connectivity index (χ1) is 12.1. The smallest absolute Gasteiger partial charge is 0.251 e. The molecule has 0 radical (unpaired) electrons. The lowest BCUT2D eigenvalue weighted by molar-refractivity contribution is -0.123. The molecule has 0 aliphatic carbocycles. The van der Waals surface area contributed by atoms with E-state index in [4.69, 9.17) is 0 Å². The molecular formula is C21H26N2O2. The second kappa shape index (κ2) is 9.62. The van der Waals surface area contributed by atoms with Gasteiger partial charge in [0.25, 0.3) is 5.91 Å². The molecule has 0 aliphatic rings. The highest BCUT2D eigenvalue weighted by Crippen LogP contribution is 2.07. The molecule has 2 amide bonds. The molecule has 4 nitrogen and oxygen atoms in total. The predicted molar refractivity (Wildman–Crippen MR) is 100 cm³/mol. The fourth-order valence-electron chi connectivity index (χ4n) is 2.68. The first-order valence-corrected chi connectivity index (χ1v) is 8.84. The summed E-state index contributed by atoms with van der Waals surface area (Å²) in [6.07, 6.45) is 2.20. The number of rotatable bonds is 8. The highest BCUT2D eigenvalue weighted by Gasteiger charge is 2.23. The largest absolute Gasteiger partial charge is 0.352 e. The minimum absolute atomic E-state index is 0.124. The Morgan fingerprint density at radius 3 is 1.96 bits per heavy atom. The fraction of sp³-hybridized carbons (Fsp3) is 0.333. The van der Waals surface area contributed by atoms with Gasteiger partial charge in [0, 0.05) is 18.0 Å². The lowest BCUT2D eigenvalue weighted by Crippen LogP contribution is -2.50. The third-order valence-electron chi connectivity index (χ3n) is 4.27. The van der Waals surface area contributed by atoms with E-state index in [1.165, 1.54) is 0 Å². The summed E-state index contributed by atoms with van der Waals surface area (Å²) >= 11 is 0. The van der Waals surface area contributed by atoms with Crippen molar-refractivity contribution in [1.29, 1.82) is 0 Å². The maximum atomic E-state index is 12.7. The third kappa shape index (κ3) is 5.75. The SMILES string of the molecule is CCC(CC)NC(=O)[C@@H](Cc1ccccc1)NC(=O)c1ccccc1. The molecule has 0 saturated heterocycles. The first kappa shape index (κ1) is 18.7. The monoisotopic (exact) mass is 338 g/mol. The average molecular weight is 338 g/mol. The van der Waals surface area contributed by atoms with Gasteiger partial charge in [-0.25, -0.2) is 0 Å². The van der Waals surface area contributed by atoms with E-state index >= 15 is 0 Å². The van der Waals surface area contributed by atoms with Crippen molar-refractivity contribution in [3.05, 3.63) is 71.8 Å². The van der Waals surface area contributed by atoms with E-state index in [1.54, 1.807) is 12.1 Å². The van der Waals surface area contributed by atoms with Crippen LogP contribution in [0.4, 0.5) is 0 Å². The minimum Gasteiger partial charge on any atom is -0.352 e. The maximum Gasteiger partial charge on any atom is 0.251 e. The minimum atomic E-state index is -0.601. The second-order valence-corrected chi connectivity index (χ2v) is 6.10. The summed E-state index contributed by atoms with van der Waals surface area (Å²) in [5.41, 5.74) is 1.57. The summed E-state index contributed by atoms with van der Waals surface area (Å²) in [4.78, 5) is 25.2. The van der Waals surface area contributed by atoms with Gasteiger partial charge in [-0.1, -0.05) is 62.4 Å². The number of carbonyl (C=O) groups excluding carboxylic acids is 2. The summed E-state index contributed by atoms with van der Waals surface area (Å²) < 4.78 is 0. The highest BCUT2D eigenvalue weighted by molar-refractivity contribution is 5.97. The van der Waals surface area contributed by atoms with Crippen molar-refractivity contribution >= 4 is 11.8 Å². The summed E-state index contributed by atoms with van der Waals surface area (Å²) in [5.74, 6) is -0.372. The van der Waals surface area contributed by atoms with Crippen LogP contribution < -0.4 is 10.6 Å². The molecule has 0 aliphatic heterocycles. The molecule has 0 unspecified atom stereocenters. The molecule has 0 saturated carbocycles. The Labute approximate surface area is 149 Å². The molecule has 2 rings (SSSR count). The zero-order valence-electron chi connectivity index (χ0n) is 14.9. The van der Waals surface area contributed by atoms with Crippen LogP contribution in [0.1, 0.15) is 42.6 Å². The molecule has 4 heteroatoms. The zero-order valence-corrected chi connectivity index (χ0v) is 14.9. The van der Waals surface area contributed by atoms with E-state index in [9.17, 15) is 9.59 Å². The van der Waals surface area contributed by atoms with E-state index in [1.807, 2.05) is 62.4 Å². The lowest BCUT2D eigenvalue weighted by Gasteiger charge is -2.22. The van der Waals surface area contributed by atoms with Gasteiger partial charge in [-0.3, -0.25) is 9.59 Å². The van der Waals surface area contributed by atoms with Crippen LogP contribution in [0.25, 0.3) is 0 Å². The van der Waals surface area contributed by atoms with Crippen molar-refractivity contribution in [1.82, 2.24) is 10.6 Å². The molecule has 0 aromatic heterocycles. The van der Waals surface area contributed by atoms with Gasteiger partial charge in [-0.05, 0) is 30.5 Å². The molecule has 0 bridgehead atoms. The molecule has 2 aromatic rings. The van der Waals surface area contributed by atoms with Gasteiger partial charge in [-0.2, -0.15) is 0 Å². The van der Waals surface area contributed by atoms with Crippen molar-refractivity contribution < 1.29 is 9.59 Å². The number of amides is 2. The number of hydrogen-bond donors (Lipinski definition) is 2. The van der Waals surface area contributed by atoms with Crippen molar-refractivity contribution in [2.45, 2.75) is 45.2 Å². The Morgan fingerprint density at radius 1 is 0.840 bits per heavy atom. The molecular weight excluding hydrogens is 312 g/mol. The van der Waals surface area contributed by atoms with E-state index < -0.39 is 6.04 Å². The van der Waals surface area contributed by atoms with E-state index in [0.29, 0.717) is 12.0 Å². The van der Waals surface area contributed by atoms with Crippen molar-refractivity contribution in [2.75, 3.05) is 0 Å². The van der Waals surface area contributed by atoms with Crippen molar-refractivity contribution in [3.8, 4) is 0 Å². The molecule has 0 heterocycles.